The third kappa shape index (κ3) is 3.55. The minimum atomic E-state index is -0.381. The summed E-state index contributed by atoms with van der Waals surface area (Å²) < 4.78 is 0. The molecular weight excluding hydrogens is 194 g/mol. The molecule has 0 saturated carbocycles. The Morgan fingerprint density at radius 3 is 3.07 bits per heavy atom. The molecule has 1 unspecified atom stereocenters. The second-order valence-corrected chi connectivity index (χ2v) is 3.39. The Labute approximate surface area is 88.3 Å². The van der Waals surface area contributed by atoms with Crippen molar-refractivity contribution >= 4 is 5.91 Å². The van der Waals surface area contributed by atoms with E-state index in [9.17, 15) is 9.90 Å². The van der Waals surface area contributed by atoms with Crippen molar-refractivity contribution in [3.63, 3.8) is 0 Å². The van der Waals surface area contributed by atoms with Crippen LogP contribution in [0.25, 0.3) is 0 Å². The highest BCUT2D eigenvalue weighted by atomic mass is 16.3. The molecule has 1 aromatic rings. The minimum absolute atomic E-state index is 0.0437. The molecule has 0 aliphatic heterocycles. The fourth-order valence-electron chi connectivity index (χ4n) is 1.07. The number of amides is 1. The Hall–Kier alpha value is -1.62. The van der Waals surface area contributed by atoms with Gasteiger partial charge in [-0.3, -0.25) is 4.79 Å². The lowest BCUT2D eigenvalue weighted by atomic mass is 10.2. The molecular formula is C10H15N3O2. The molecule has 5 heteroatoms. The van der Waals surface area contributed by atoms with Crippen LogP contribution in [0.3, 0.4) is 0 Å². The molecule has 1 heterocycles. The SMILES string of the molecule is CC(N)CCNC(=O)c1ncccc1O. The lowest BCUT2D eigenvalue weighted by Crippen LogP contribution is -2.29. The molecule has 4 N–H and O–H groups in total. The topological polar surface area (TPSA) is 88.2 Å². The molecule has 1 amide bonds. The Morgan fingerprint density at radius 1 is 1.73 bits per heavy atom. The zero-order valence-electron chi connectivity index (χ0n) is 8.60. The summed E-state index contributed by atoms with van der Waals surface area (Å²) in [7, 11) is 0. The number of carbonyl (C=O) groups excluding carboxylic acids is 1. The van der Waals surface area contributed by atoms with Crippen LogP contribution in [-0.2, 0) is 0 Å². The second-order valence-electron chi connectivity index (χ2n) is 3.39. The van der Waals surface area contributed by atoms with E-state index in [2.05, 4.69) is 10.3 Å². The van der Waals surface area contributed by atoms with Gasteiger partial charge in [-0.15, -0.1) is 0 Å². The third-order valence-corrected chi connectivity index (χ3v) is 1.89. The summed E-state index contributed by atoms with van der Waals surface area (Å²) >= 11 is 0. The van der Waals surface area contributed by atoms with Gasteiger partial charge >= 0.3 is 0 Å². The summed E-state index contributed by atoms with van der Waals surface area (Å²) in [5.41, 5.74) is 5.57. The van der Waals surface area contributed by atoms with Gasteiger partial charge in [0.2, 0.25) is 0 Å². The molecule has 1 atom stereocenters. The van der Waals surface area contributed by atoms with Gasteiger partial charge in [-0.05, 0) is 25.5 Å². The number of nitrogens with zero attached hydrogens (tertiary/aromatic N) is 1. The van der Waals surface area contributed by atoms with Crippen LogP contribution < -0.4 is 11.1 Å². The number of aromatic nitrogens is 1. The van der Waals surface area contributed by atoms with Crippen LogP contribution in [0, 0.1) is 0 Å². The molecule has 0 aromatic carbocycles. The van der Waals surface area contributed by atoms with Crippen LogP contribution in [0.4, 0.5) is 0 Å². The number of pyridine rings is 1. The van der Waals surface area contributed by atoms with E-state index in [0.717, 1.165) is 0 Å². The molecule has 1 rings (SSSR count). The number of hydrogen-bond acceptors (Lipinski definition) is 4. The van der Waals surface area contributed by atoms with Gasteiger partial charge in [0.1, 0.15) is 5.75 Å². The quantitative estimate of drug-likeness (QED) is 0.663. The van der Waals surface area contributed by atoms with Crippen molar-refractivity contribution in [3.8, 4) is 5.75 Å². The summed E-state index contributed by atoms with van der Waals surface area (Å²) in [5.74, 6) is -0.496. The van der Waals surface area contributed by atoms with E-state index in [4.69, 9.17) is 5.73 Å². The summed E-state index contributed by atoms with van der Waals surface area (Å²) in [5, 5.41) is 12.0. The van der Waals surface area contributed by atoms with Crippen molar-refractivity contribution in [2.75, 3.05) is 6.54 Å². The summed E-state index contributed by atoms with van der Waals surface area (Å²) in [6.07, 6.45) is 2.15. The van der Waals surface area contributed by atoms with Crippen molar-refractivity contribution in [1.82, 2.24) is 10.3 Å². The number of rotatable bonds is 4. The van der Waals surface area contributed by atoms with Gasteiger partial charge in [0.25, 0.3) is 5.91 Å². The largest absolute Gasteiger partial charge is 0.505 e. The molecule has 0 radical (unpaired) electrons. The smallest absolute Gasteiger partial charge is 0.273 e. The van der Waals surface area contributed by atoms with Crippen molar-refractivity contribution in [3.05, 3.63) is 24.0 Å². The first-order chi connectivity index (χ1) is 7.11. The van der Waals surface area contributed by atoms with Crippen LogP contribution >= 0.6 is 0 Å². The van der Waals surface area contributed by atoms with Crippen LogP contribution in [0.1, 0.15) is 23.8 Å². The Kier molecular flexibility index (Phi) is 4.05. The van der Waals surface area contributed by atoms with E-state index in [-0.39, 0.29) is 23.4 Å². The minimum Gasteiger partial charge on any atom is -0.505 e. The molecule has 0 aliphatic rings. The summed E-state index contributed by atoms with van der Waals surface area (Å²) in [6, 6.07) is 3.03. The molecule has 0 aliphatic carbocycles. The fraction of sp³-hybridized carbons (Fsp3) is 0.400. The zero-order valence-corrected chi connectivity index (χ0v) is 8.60. The number of aromatic hydroxyl groups is 1. The van der Waals surface area contributed by atoms with Crippen LogP contribution in [0.2, 0.25) is 0 Å². The number of hydrogen-bond donors (Lipinski definition) is 3. The van der Waals surface area contributed by atoms with Gasteiger partial charge < -0.3 is 16.2 Å². The van der Waals surface area contributed by atoms with Crippen LogP contribution in [-0.4, -0.2) is 28.6 Å². The first-order valence-electron chi connectivity index (χ1n) is 4.79. The highest BCUT2D eigenvalue weighted by molar-refractivity contribution is 5.94. The lowest BCUT2D eigenvalue weighted by molar-refractivity contribution is 0.0945. The fourth-order valence-corrected chi connectivity index (χ4v) is 1.07. The van der Waals surface area contributed by atoms with Gasteiger partial charge in [-0.25, -0.2) is 4.98 Å². The lowest BCUT2D eigenvalue weighted by Gasteiger charge is -2.07. The molecule has 0 saturated heterocycles. The first-order valence-corrected chi connectivity index (χ1v) is 4.79. The normalized spacial score (nSPS) is 12.1. The van der Waals surface area contributed by atoms with Crippen molar-refractivity contribution in [2.24, 2.45) is 5.73 Å². The number of nitrogens with two attached hydrogens (primary N) is 1. The van der Waals surface area contributed by atoms with Crippen LogP contribution in [0.5, 0.6) is 5.75 Å². The number of carbonyl (C=O) groups is 1. The Morgan fingerprint density at radius 2 is 2.47 bits per heavy atom. The maximum atomic E-state index is 11.5. The van der Waals surface area contributed by atoms with Gasteiger partial charge in [0.05, 0.1) is 0 Å². The third-order valence-electron chi connectivity index (χ3n) is 1.89. The molecule has 15 heavy (non-hydrogen) atoms. The monoisotopic (exact) mass is 209 g/mol. The Bertz CT molecular complexity index is 339. The molecule has 0 spiro atoms. The van der Waals surface area contributed by atoms with Crippen molar-refractivity contribution in [1.29, 1.82) is 0 Å². The van der Waals surface area contributed by atoms with E-state index >= 15 is 0 Å². The second kappa shape index (κ2) is 5.31. The molecule has 82 valence electrons. The van der Waals surface area contributed by atoms with Gasteiger partial charge in [0.15, 0.2) is 5.69 Å². The highest BCUT2D eigenvalue weighted by Gasteiger charge is 2.10. The van der Waals surface area contributed by atoms with E-state index in [1.165, 1.54) is 12.3 Å². The molecule has 0 bridgehead atoms. The maximum Gasteiger partial charge on any atom is 0.273 e. The van der Waals surface area contributed by atoms with E-state index in [0.29, 0.717) is 13.0 Å². The van der Waals surface area contributed by atoms with E-state index < -0.39 is 0 Å². The van der Waals surface area contributed by atoms with Gasteiger partial charge in [-0.2, -0.15) is 0 Å². The van der Waals surface area contributed by atoms with Crippen molar-refractivity contribution in [2.45, 2.75) is 19.4 Å². The predicted molar refractivity (Wildman–Crippen MR) is 56.5 cm³/mol. The first kappa shape index (κ1) is 11.5. The summed E-state index contributed by atoms with van der Waals surface area (Å²) in [4.78, 5) is 15.3. The zero-order chi connectivity index (χ0) is 11.3. The average molecular weight is 209 g/mol. The summed E-state index contributed by atoms with van der Waals surface area (Å²) in [6.45, 7) is 2.34. The van der Waals surface area contributed by atoms with E-state index in [1.54, 1.807) is 6.07 Å². The standard InChI is InChI=1S/C10H15N3O2/c1-7(11)4-6-13-10(15)9-8(14)3-2-5-12-9/h2-3,5,7,14H,4,6,11H2,1H3,(H,13,15). The maximum absolute atomic E-state index is 11.5. The van der Waals surface area contributed by atoms with Crippen LogP contribution in [0.15, 0.2) is 18.3 Å². The number of nitrogens with one attached hydrogen (secondary N) is 1. The van der Waals surface area contributed by atoms with Gasteiger partial charge in [-0.1, -0.05) is 0 Å². The van der Waals surface area contributed by atoms with E-state index in [1.807, 2.05) is 6.92 Å². The Balaban J connectivity index is 2.51. The molecule has 5 nitrogen and oxygen atoms in total. The molecule has 1 aromatic heterocycles. The highest BCUT2D eigenvalue weighted by Crippen LogP contribution is 2.11. The predicted octanol–water partition coefficient (Wildman–Crippen LogP) is 0.254. The molecule has 0 fully saturated rings. The van der Waals surface area contributed by atoms with Crippen molar-refractivity contribution < 1.29 is 9.90 Å². The van der Waals surface area contributed by atoms with Gasteiger partial charge in [0, 0.05) is 18.8 Å². The average Bonchev–Trinajstić information content (AvgIpc) is 2.17.